The van der Waals surface area contributed by atoms with E-state index in [-0.39, 0.29) is 39.3 Å². The van der Waals surface area contributed by atoms with Gasteiger partial charge >= 0.3 is 6.18 Å². The van der Waals surface area contributed by atoms with Crippen LogP contribution in [0.2, 0.25) is 5.02 Å². The van der Waals surface area contributed by atoms with Crippen molar-refractivity contribution >= 4 is 17.5 Å². The van der Waals surface area contributed by atoms with Crippen molar-refractivity contribution < 1.29 is 36.9 Å². The van der Waals surface area contributed by atoms with Crippen LogP contribution in [-0.2, 0) is 5.54 Å². The van der Waals surface area contributed by atoms with E-state index in [0.29, 0.717) is 5.75 Å². The molecule has 1 aliphatic carbocycles. The summed E-state index contributed by atoms with van der Waals surface area (Å²) in [4.78, 5) is 17.0. The third kappa shape index (κ3) is 6.83. The number of aliphatic hydroxyl groups excluding tert-OH is 1. The van der Waals surface area contributed by atoms with Gasteiger partial charge in [0.15, 0.2) is 11.5 Å². The van der Waals surface area contributed by atoms with Gasteiger partial charge < -0.3 is 25.6 Å². The van der Waals surface area contributed by atoms with Gasteiger partial charge in [0.1, 0.15) is 11.7 Å². The third-order valence-electron chi connectivity index (χ3n) is 6.51. The number of aromatic nitrogens is 1. The van der Waals surface area contributed by atoms with Crippen LogP contribution in [0.15, 0.2) is 48.5 Å². The smallest absolute Gasteiger partial charge is 0.398 e. The molecule has 1 fully saturated rings. The van der Waals surface area contributed by atoms with Crippen molar-refractivity contribution in [1.29, 1.82) is 0 Å². The third-order valence-corrected chi connectivity index (χ3v) is 6.80. The molecular formula is C28H28ClF4N3O4. The number of ether oxygens (including phenoxy) is 2. The lowest BCUT2D eigenvalue weighted by molar-refractivity contribution is -0.149. The highest BCUT2D eigenvalue weighted by molar-refractivity contribution is 6.31. The number of rotatable bonds is 10. The summed E-state index contributed by atoms with van der Waals surface area (Å²) in [6.07, 6.45) is -2.91. The fourth-order valence-corrected chi connectivity index (χ4v) is 4.09. The van der Waals surface area contributed by atoms with Gasteiger partial charge in [-0.05, 0) is 73.9 Å². The van der Waals surface area contributed by atoms with E-state index in [0.717, 1.165) is 25.0 Å². The number of hydrogen-bond acceptors (Lipinski definition) is 6. The largest absolute Gasteiger partial charge is 0.493 e. The molecule has 2 atom stereocenters. The van der Waals surface area contributed by atoms with Crippen LogP contribution in [0, 0.1) is 5.82 Å². The van der Waals surface area contributed by atoms with Crippen LogP contribution in [0.5, 0.6) is 11.5 Å². The summed E-state index contributed by atoms with van der Waals surface area (Å²) >= 11 is 5.89. The van der Waals surface area contributed by atoms with Gasteiger partial charge in [-0.15, -0.1) is 0 Å². The molecule has 2 unspecified atom stereocenters. The molecule has 0 bridgehead atoms. The van der Waals surface area contributed by atoms with Crippen molar-refractivity contribution in [3.8, 4) is 22.8 Å². The Bertz CT molecular complexity index is 1400. The molecule has 4 rings (SSSR count). The Morgan fingerprint density at radius 1 is 1.18 bits per heavy atom. The molecule has 1 aliphatic rings. The van der Waals surface area contributed by atoms with Crippen molar-refractivity contribution in [2.24, 2.45) is 5.73 Å². The molecule has 3 aromatic rings. The predicted octanol–water partition coefficient (Wildman–Crippen LogP) is 5.33. The summed E-state index contributed by atoms with van der Waals surface area (Å²) in [7, 11) is 1.40. The second-order valence-electron chi connectivity index (χ2n) is 9.86. The fraction of sp³-hybridized carbons (Fsp3) is 0.357. The maximum Gasteiger partial charge on any atom is 0.398 e. The summed E-state index contributed by atoms with van der Waals surface area (Å²) in [6, 6.07) is 10.5. The first-order valence-electron chi connectivity index (χ1n) is 12.4. The van der Waals surface area contributed by atoms with Crippen LogP contribution in [0.25, 0.3) is 11.3 Å². The van der Waals surface area contributed by atoms with Crippen molar-refractivity contribution in [2.45, 2.75) is 43.5 Å². The maximum absolute atomic E-state index is 14.3. The zero-order valence-corrected chi connectivity index (χ0v) is 22.4. The van der Waals surface area contributed by atoms with Crippen LogP contribution in [0.3, 0.4) is 0 Å². The number of amides is 1. The second kappa shape index (κ2) is 11.6. The Morgan fingerprint density at radius 2 is 1.90 bits per heavy atom. The summed E-state index contributed by atoms with van der Waals surface area (Å²) in [5.74, 6) is -2.97. The number of benzene rings is 2. The Labute approximate surface area is 233 Å². The number of halogens is 5. The molecule has 0 aliphatic heterocycles. The first-order chi connectivity index (χ1) is 18.8. The molecule has 40 heavy (non-hydrogen) atoms. The van der Waals surface area contributed by atoms with Gasteiger partial charge in [0.25, 0.3) is 5.91 Å². The highest BCUT2D eigenvalue weighted by atomic mass is 35.5. The molecule has 1 aromatic heterocycles. The number of nitrogens with two attached hydrogens (primary N) is 1. The van der Waals surface area contributed by atoms with E-state index in [1.165, 1.54) is 50.4 Å². The van der Waals surface area contributed by atoms with Crippen LogP contribution >= 0.6 is 11.6 Å². The van der Waals surface area contributed by atoms with E-state index in [2.05, 4.69) is 10.3 Å². The minimum absolute atomic E-state index is 0.0380. The number of methoxy groups -OCH3 is 1. The molecular weight excluding hydrogens is 554 g/mol. The number of hydrogen-bond donors (Lipinski definition) is 3. The summed E-state index contributed by atoms with van der Waals surface area (Å²) in [5, 5.41) is 11.9. The minimum Gasteiger partial charge on any atom is -0.493 e. The van der Waals surface area contributed by atoms with Crippen molar-refractivity contribution in [2.75, 3.05) is 20.3 Å². The molecule has 0 saturated heterocycles. The number of carbonyl (C=O) groups is 1. The lowest BCUT2D eigenvalue weighted by Crippen LogP contribution is -2.38. The van der Waals surface area contributed by atoms with E-state index in [4.69, 9.17) is 26.8 Å². The molecule has 7 nitrogen and oxygen atoms in total. The number of alkyl halides is 3. The van der Waals surface area contributed by atoms with Crippen molar-refractivity contribution in [3.05, 3.63) is 76.2 Å². The zero-order valence-electron chi connectivity index (χ0n) is 21.7. The van der Waals surface area contributed by atoms with E-state index in [1.807, 2.05) is 0 Å². The van der Waals surface area contributed by atoms with E-state index in [9.17, 15) is 27.5 Å². The van der Waals surface area contributed by atoms with Gasteiger partial charge in [0, 0.05) is 17.7 Å². The average Bonchev–Trinajstić information content (AvgIpc) is 3.73. The Morgan fingerprint density at radius 3 is 2.50 bits per heavy atom. The molecule has 0 spiro atoms. The first-order valence-corrected chi connectivity index (χ1v) is 12.8. The van der Waals surface area contributed by atoms with Crippen LogP contribution in [0.1, 0.15) is 47.3 Å². The molecule has 4 N–H and O–H groups in total. The molecule has 0 radical (unpaired) electrons. The first kappa shape index (κ1) is 29.6. The molecule has 1 amide bonds. The summed E-state index contributed by atoms with van der Waals surface area (Å²) < 4.78 is 67.8. The number of carbonyl (C=O) groups excluding carboxylic acids is 1. The van der Waals surface area contributed by atoms with E-state index < -0.39 is 48.2 Å². The number of pyridine rings is 1. The topological polar surface area (TPSA) is 107 Å². The normalized spacial score (nSPS) is 15.7. The molecule has 214 valence electrons. The van der Waals surface area contributed by atoms with Gasteiger partial charge in [-0.1, -0.05) is 11.6 Å². The average molecular weight is 582 g/mol. The highest BCUT2D eigenvalue weighted by Gasteiger charge is 2.42. The van der Waals surface area contributed by atoms with Crippen molar-refractivity contribution in [1.82, 2.24) is 10.3 Å². The minimum atomic E-state index is -4.82. The summed E-state index contributed by atoms with van der Waals surface area (Å²) in [6.45, 7) is 0.0309. The molecule has 1 saturated carbocycles. The molecule has 2 aromatic carbocycles. The van der Waals surface area contributed by atoms with Crippen molar-refractivity contribution in [3.63, 3.8) is 0 Å². The maximum atomic E-state index is 14.3. The fourth-order valence-electron chi connectivity index (χ4n) is 3.91. The van der Waals surface area contributed by atoms with Gasteiger partial charge in [-0.3, -0.25) is 9.78 Å². The van der Waals surface area contributed by atoms with Gasteiger partial charge in [-0.25, -0.2) is 4.39 Å². The van der Waals surface area contributed by atoms with Gasteiger partial charge in [0.2, 0.25) is 0 Å². The Kier molecular flexibility index (Phi) is 8.57. The Hall–Kier alpha value is -3.41. The highest BCUT2D eigenvalue weighted by Crippen LogP contribution is 2.37. The number of aliphatic hydroxyl groups is 1. The molecule has 1 heterocycles. The Balaban J connectivity index is 1.66. The lowest BCUT2D eigenvalue weighted by Gasteiger charge is -2.26. The van der Waals surface area contributed by atoms with Crippen LogP contribution in [-0.4, -0.2) is 48.5 Å². The second-order valence-corrected chi connectivity index (χ2v) is 10.3. The van der Waals surface area contributed by atoms with Gasteiger partial charge in [0.05, 0.1) is 41.8 Å². The van der Waals surface area contributed by atoms with Gasteiger partial charge in [-0.2, -0.15) is 13.2 Å². The van der Waals surface area contributed by atoms with E-state index >= 15 is 0 Å². The monoisotopic (exact) mass is 581 g/mol. The molecule has 12 heteroatoms. The predicted molar refractivity (Wildman–Crippen MR) is 141 cm³/mol. The lowest BCUT2D eigenvalue weighted by atomic mass is 9.90. The van der Waals surface area contributed by atoms with Crippen LogP contribution < -0.4 is 20.5 Å². The number of nitrogens with one attached hydrogen (secondary N) is 1. The SMILES string of the molecule is COc1cc(C(=O)NCC(c2cc(C(C)(N)CO)cc(-c3ccc(F)c(Cl)c3)n2)C(F)(F)F)ccc1OC1CC1. The quantitative estimate of drug-likeness (QED) is 0.279. The van der Waals surface area contributed by atoms with E-state index in [1.54, 1.807) is 0 Å². The standard InChI is InChI=1S/C28H28ClF4N3O4/c1-27(34,14-37)17-11-22(15-3-7-21(30)20(29)9-15)36-23(12-17)19(28(31,32)33)13-35-26(38)16-4-8-24(25(10-16)39-2)40-18-5-6-18/h3-4,7-12,18-19,37H,5-6,13-14,34H2,1-2H3,(H,35,38). The zero-order chi connectivity index (χ0) is 29.2. The van der Waals surface area contributed by atoms with Crippen LogP contribution in [0.4, 0.5) is 17.6 Å². The number of nitrogens with zero attached hydrogens (tertiary/aromatic N) is 1. The summed E-state index contributed by atoms with van der Waals surface area (Å²) in [5.41, 5.74) is 4.81.